The van der Waals surface area contributed by atoms with Crippen LogP contribution >= 0.6 is 0 Å². The number of nitrogens with zero attached hydrogens (tertiary/aromatic N) is 2. The molecule has 5 nitrogen and oxygen atoms in total. The highest BCUT2D eigenvalue weighted by molar-refractivity contribution is 5.78. The molecule has 0 aromatic carbocycles. The van der Waals surface area contributed by atoms with Gasteiger partial charge in [-0.25, -0.2) is 4.39 Å². The van der Waals surface area contributed by atoms with Gasteiger partial charge in [0.2, 0.25) is 5.91 Å². The molecule has 1 aliphatic heterocycles. The first kappa shape index (κ1) is 17.1. The van der Waals surface area contributed by atoms with Crippen LogP contribution in [0.5, 0.6) is 0 Å². The number of carbonyl (C=O) groups excluding carboxylic acids is 1. The van der Waals surface area contributed by atoms with Crippen LogP contribution < -0.4 is 5.32 Å². The highest BCUT2D eigenvalue weighted by Crippen LogP contribution is 2.23. The Bertz CT molecular complexity index is 599. The molecule has 1 aromatic heterocycles. The number of halogens is 1. The maximum atomic E-state index is 13.8. The van der Waals surface area contributed by atoms with Crippen LogP contribution in [0.3, 0.4) is 0 Å². The van der Waals surface area contributed by atoms with Crippen molar-refractivity contribution < 1.29 is 13.7 Å². The van der Waals surface area contributed by atoms with E-state index < -0.39 is 6.17 Å². The van der Waals surface area contributed by atoms with E-state index in [0.29, 0.717) is 32.5 Å². The Morgan fingerprint density at radius 2 is 2.38 bits per heavy atom. The van der Waals surface area contributed by atoms with Gasteiger partial charge in [0, 0.05) is 31.6 Å². The molecule has 1 saturated heterocycles. The summed E-state index contributed by atoms with van der Waals surface area (Å²) in [6.45, 7) is 3.27. The van der Waals surface area contributed by atoms with Gasteiger partial charge < -0.3 is 9.84 Å². The standard InChI is InChI=1S/C18H26FN3O2/c1-13-7-17(24-21-13)12-22-11-15(19)9-16(22)10-20-18(23)8-14-5-3-2-4-6-14/h5,7,15-16H,2-4,6,8-12H2,1H3,(H,20,23)/t15-,16-/m0/s1. The summed E-state index contributed by atoms with van der Waals surface area (Å²) in [5.74, 6) is 0.784. The molecule has 0 radical (unpaired) electrons. The van der Waals surface area contributed by atoms with Crippen LogP contribution in [0.1, 0.15) is 50.0 Å². The van der Waals surface area contributed by atoms with E-state index in [0.717, 1.165) is 24.3 Å². The first-order valence-electron chi connectivity index (χ1n) is 8.85. The SMILES string of the molecule is Cc1cc(CN2C[C@@H](F)C[C@H]2CNC(=O)CC2=CCCCC2)on1. The average molecular weight is 335 g/mol. The molecule has 3 rings (SSSR count). The summed E-state index contributed by atoms with van der Waals surface area (Å²) in [4.78, 5) is 14.2. The number of aryl methyl sites for hydroxylation is 1. The lowest BCUT2D eigenvalue weighted by atomic mass is 9.97. The molecule has 1 aromatic rings. The highest BCUT2D eigenvalue weighted by atomic mass is 19.1. The van der Waals surface area contributed by atoms with Gasteiger partial charge in [-0.3, -0.25) is 9.69 Å². The minimum Gasteiger partial charge on any atom is -0.360 e. The quantitative estimate of drug-likeness (QED) is 0.812. The molecule has 1 N–H and O–H groups in total. The van der Waals surface area contributed by atoms with E-state index in [2.05, 4.69) is 16.5 Å². The number of alkyl halides is 1. The van der Waals surface area contributed by atoms with Crippen molar-refractivity contribution in [2.75, 3.05) is 13.1 Å². The summed E-state index contributed by atoms with van der Waals surface area (Å²) in [5.41, 5.74) is 2.06. The van der Waals surface area contributed by atoms with Crippen molar-refractivity contribution in [3.8, 4) is 0 Å². The van der Waals surface area contributed by atoms with E-state index in [-0.39, 0.29) is 11.9 Å². The predicted molar refractivity (Wildman–Crippen MR) is 89.1 cm³/mol. The highest BCUT2D eigenvalue weighted by Gasteiger charge is 2.32. The van der Waals surface area contributed by atoms with Gasteiger partial charge in [0.1, 0.15) is 6.17 Å². The van der Waals surface area contributed by atoms with Crippen molar-refractivity contribution in [1.29, 1.82) is 0 Å². The topological polar surface area (TPSA) is 58.4 Å². The summed E-state index contributed by atoms with van der Waals surface area (Å²) in [7, 11) is 0. The molecule has 24 heavy (non-hydrogen) atoms. The van der Waals surface area contributed by atoms with Crippen LogP contribution in [0.25, 0.3) is 0 Å². The number of hydrogen-bond acceptors (Lipinski definition) is 4. The first-order valence-corrected chi connectivity index (χ1v) is 8.85. The van der Waals surface area contributed by atoms with E-state index in [9.17, 15) is 9.18 Å². The lowest BCUT2D eigenvalue weighted by molar-refractivity contribution is -0.120. The van der Waals surface area contributed by atoms with Gasteiger partial charge in [-0.05, 0) is 39.0 Å². The van der Waals surface area contributed by atoms with Crippen molar-refractivity contribution in [3.63, 3.8) is 0 Å². The zero-order chi connectivity index (χ0) is 16.9. The van der Waals surface area contributed by atoms with Gasteiger partial charge in [0.25, 0.3) is 0 Å². The predicted octanol–water partition coefficient (Wildman–Crippen LogP) is 2.90. The largest absolute Gasteiger partial charge is 0.360 e. The fraction of sp³-hybridized carbons (Fsp3) is 0.667. The Morgan fingerprint density at radius 3 is 3.08 bits per heavy atom. The summed E-state index contributed by atoms with van der Waals surface area (Å²) < 4.78 is 19.0. The first-order chi connectivity index (χ1) is 11.6. The Labute approximate surface area is 142 Å². The van der Waals surface area contributed by atoms with Crippen LogP contribution in [-0.4, -0.2) is 41.3 Å². The van der Waals surface area contributed by atoms with E-state index in [1.165, 1.54) is 18.4 Å². The minimum absolute atomic E-state index is 0.00897. The van der Waals surface area contributed by atoms with Crippen LogP contribution in [0, 0.1) is 6.92 Å². The summed E-state index contributed by atoms with van der Waals surface area (Å²) in [6.07, 6.45) is 6.78. The zero-order valence-electron chi connectivity index (χ0n) is 14.3. The molecule has 0 bridgehead atoms. The Kier molecular flexibility index (Phi) is 5.66. The fourth-order valence-corrected chi connectivity index (χ4v) is 3.59. The zero-order valence-corrected chi connectivity index (χ0v) is 14.3. The molecule has 2 atom stereocenters. The molecule has 2 heterocycles. The lowest BCUT2D eigenvalue weighted by Crippen LogP contribution is -2.39. The molecule has 1 aliphatic carbocycles. The Balaban J connectivity index is 1.48. The summed E-state index contributed by atoms with van der Waals surface area (Å²) >= 11 is 0. The molecule has 2 aliphatic rings. The third-order valence-corrected chi connectivity index (χ3v) is 4.82. The lowest BCUT2D eigenvalue weighted by Gasteiger charge is -2.23. The second kappa shape index (κ2) is 7.92. The van der Waals surface area contributed by atoms with Crippen molar-refractivity contribution >= 4 is 5.91 Å². The third-order valence-electron chi connectivity index (χ3n) is 4.82. The van der Waals surface area contributed by atoms with Gasteiger partial charge in [-0.2, -0.15) is 0 Å². The monoisotopic (exact) mass is 335 g/mol. The van der Waals surface area contributed by atoms with Gasteiger partial charge in [-0.15, -0.1) is 0 Å². The second-order valence-electron chi connectivity index (χ2n) is 6.94. The number of nitrogens with one attached hydrogen (secondary N) is 1. The maximum absolute atomic E-state index is 13.8. The Morgan fingerprint density at radius 1 is 1.50 bits per heavy atom. The van der Waals surface area contributed by atoms with E-state index in [4.69, 9.17) is 4.52 Å². The fourth-order valence-electron chi connectivity index (χ4n) is 3.59. The molecule has 132 valence electrons. The Hall–Kier alpha value is -1.69. The number of carbonyl (C=O) groups is 1. The average Bonchev–Trinajstić information content (AvgIpc) is 3.12. The number of likely N-dealkylation sites (tertiary alicyclic amines) is 1. The molecule has 1 fully saturated rings. The van der Waals surface area contributed by atoms with Crippen molar-refractivity contribution in [1.82, 2.24) is 15.4 Å². The van der Waals surface area contributed by atoms with Gasteiger partial charge >= 0.3 is 0 Å². The van der Waals surface area contributed by atoms with Crippen LogP contribution in [-0.2, 0) is 11.3 Å². The van der Waals surface area contributed by atoms with Crippen LogP contribution in [0.2, 0.25) is 0 Å². The summed E-state index contributed by atoms with van der Waals surface area (Å²) in [6, 6.07) is 1.88. The van der Waals surface area contributed by atoms with E-state index in [1.807, 2.05) is 17.9 Å². The number of hydrogen-bond donors (Lipinski definition) is 1. The molecule has 0 spiro atoms. The van der Waals surface area contributed by atoms with E-state index in [1.54, 1.807) is 0 Å². The van der Waals surface area contributed by atoms with Gasteiger partial charge in [0.05, 0.1) is 12.2 Å². The molecular weight excluding hydrogens is 309 g/mol. The molecule has 6 heteroatoms. The smallest absolute Gasteiger partial charge is 0.224 e. The number of rotatable bonds is 6. The summed E-state index contributed by atoms with van der Waals surface area (Å²) in [5, 5.41) is 6.85. The molecule has 0 unspecified atom stereocenters. The normalized spacial score (nSPS) is 24.8. The molecular formula is C18H26FN3O2. The van der Waals surface area contributed by atoms with Crippen LogP contribution in [0.15, 0.2) is 22.2 Å². The van der Waals surface area contributed by atoms with Gasteiger partial charge in [-0.1, -0.05) is 16.8 Å². The van der Waals surface area contributed by atoms with Crippen LogP contribution in [0.4, 0.5) is 4.39 Å². The van der Waals surface area contributed by atoms with Crippen molar-refractivity contribution in [3.05, 3.63) is 29.2 Å². The van der Waals surface area contributed by atoms with Crippen molar-refractivity contribution in [2.45, 2.75) is 64.2 Å². The minimum atomic E-state index is -0.850. The number of allylic oxidation sites excluding steroid dienone is 1. The number of aromatic nitrogens is 1. The molecule has 1 amide bonds. The second-order valence-corrected chi connectivity index (χ2v) is 6.94. The third kappa shape index (κ3) is 4.66. The van der Waals surface area contributed by atoms with Crippen molar-refractivity contribution in [2.24, 2.45) is 0 Å². The number of amides is 1. The van der Waals surface area contributed by atoms with Gasteiger partial charge in [0.15, 0.2) is 5.76 Å². The van der Waals surface area contributed by atoms with E-state index >= 15 is 0 Å². The maximum Gasteiger partial charge on any atom is 0.224 e. The molecule has 0 saturated carbocycles.